The standard InChI is InChI=1S/C15H22ClN3O2/c1-10(2)21-14-13(16)7-12(8-17-14)15(20)19-6-5-18(4)9-11(19)3/h7-8,10-11H,5-6,9H2,1-4H3. The molecule has 1 saturated heterocycles. The Labute approximate surface area is 130 Å². The number of pyridine rings is 1. The van der Waals surface area contributed by atoms with Crippen LogP contribution in [0.5, 0.6) is 5.88 Å². The molecule has 0 saturated carbocycles. The lowest BCUT2D eigenvalue weighted by Gasteiger charge is -2.38. The van der Waals surface area contributed by atoms with Gasteiger partial charge in [-0.3, -0.25) is 4.79 Å². The van der Waals surface area contributed by atoms with Crippen molar-refractivity contribution in [1.82, 2.24) is 14.8 Å². The third-order valence-electron chi connectivity index (χ3n) is 3.49. The van der Waals surface area contributed by atoms with Crippen molar-refractivity contribution >= 4 is 17.5 Å². The van der Waals surface area contributed by atoms with Gasteiger partial charge in [-0.2, -0.15) is 0 Å². The first-order valence-electron chi connectivity index (χ1n) is 7.20. The molecule has 0 spiro atoms. The van der Waals surface area contributed by atoms with Gasteiger partial charge < -0.3 is 14.5 Å². The summed E-state index contributed by atoms with van der Waals surface area (Å²) in [6.45, 7) is 8.34. The first-order valence-corrected chi connectivity index (χ1v) is 7.58. The van der Waals surface area contributed by atoms with E-state index in [-0.39, 0.29) is 18.1 Å². The normalized spacial score (nSPS) is 19.9. The summed E-state index contributed by atoms with van der Waals surface area (Å²) in [5, 5.41) is 0.372. The van der Waals surface area contributed by atoms with Gasteiger partial charge >= 0.3 is 0 Å². The number of carbonyl (C=O) groups is 1. The lowest BCUT2D eigenvalue weighted by Crippen LogP contribution is -2.52. The number of aromatic nitrogens is 1. The van der Waals surface area contributed by atoms with Gasteiger partial charge in [0.1, 0.15) is 5.02 Å². The van der Waals surface area contributed by atoms with Gasteiger partial charge in [0.25, 0.3) is 5.91 Å². The molecular formula is C15H22ClN3O2. The van der Waals surface area contributed by atoms with Crippen LogP contribution in [0, 0.1) is 0 Å². The van der Waals surface area contributed by atoms with Gasteiger partial charge in [-0.15, -0.1) is 0 Å². The summed E-state index contributed by atoms with van der Waals surface area (Å²) >= 11 is 6.15. The molecule has 0 aromatic carbocycles. The second-order valence-corrected chi connectivity index (χ2v) is 6.19. The molecular weight excluding hydrogens is 290 g/mol. The van der Waals surface area contributed by atoms with Gasteiger partial charge in [0.15, 0.2) is 0 Å². The van der Waals surface area contributed by atoms with Crippen LogP contribution in [0.1, 0.15) is 31.1 Å². The highest BCUT2D eigenvalue weighted by molar-refractivity contribution is 6.32. The van der Waals surface area contributed by atoms with Crippen LogP contribution >= 0.6 is 11.6 Å². The molecule has 1 amide bonds. The van der Waals surface area contributed by atoms with Crippen molar-refractivity contribution in [3.05, 3.63) is 22.8 Å². The fourth-order valence-corrected chi connectivity index (χ4v) is 2.67. The van der Waals surface area contributed by atoms with Gasteiger partial charge in [0.2, 0.25) is 5.88 Å². The Morgan fingerprint density at radius 1 is 1.48 bits per heavy atom. The summed E-state index contributed by atoms with van der Waals surface area (Å²) in [6.07, 6.45) is 1.53. The van der Waals surface area contributed by atoms with Gasteiger partial charge in [0.05, 0.1) is 11.7 Å². The summed E-state index contributed by atoms with van der Waals surface area (Å²) in [6, 6.07) is 1.82. The Hall–Kier alpha value is -1.33. The first-order chi connectivity index (χ1) is 9.88. The van der Waals surface area contributed by atoms with E-state index in [0.29, 0.717) is 16.5 Å². The molecule has 1 aliphatic rings. The summed E-state index contributed by atoms with van der Waals surface area (Å²) in [4.78, 5) is 20.8. The lowest BCUT2D eigenvalue weighted by atomic mass is 10.1. The third kappa shape index (κ3) is 3.86. The van der Waals surface area contributed by atoms with E-state index in [0.717, 1.165) is 19.6 Å². The number of ether oxygens (including phenoxy) is 1. The number of halogens is 1. The van der Waals surface area contributed by atoms with Crippen molar-refractivity contribution in [3.8, 4) is 5.88 Å². The molecule has 0 radical (unpaired) electrons. The van der Waals surface area contributed by atoms with E-state index in [4.69, 9.17) is 16.3 Å². The monoisotopic (exact) mass is 311 g/mol. The minimum atomic E-state index is -0.0268. The number of amides is 1. The molecule has 0 bridgehead atoms. The molecule has 1 fully saturated rings. The maximum atomic E-state index is 12.6. The number of hydrogen-bond donors (Lipinski definition) is 0. The van der Waals surface area contributed by atoms with Crippen molar-refractivity contribution < 1.29 is 9.53 Å². The molecule has 5 nitrogen and oxygen atoms in total. The molecule has 2 rings (SSSR count). The van der Waals surface area contributed by atoms with Crippen molar-refractivity contribution in [2.24, 2.45) is 0 Å². The Kier molecular flexibility index (Phi) is 5.06. The number of rotatable bonds is 3. The fourth-order valence-electron chi connectivity index (χ4n) is 2.46. The van der Waals surface area contributed by atoms with Crippen LogP contribution in [0.15, 0.2) is 12.3 Å². The van der Waals surface area contributed by atoms with Crippen LogP contribution in [0.4, 0.5) is 0 Å². The number of likely N-dealkylation sites (N-methyl/N-ethyl adjacent to an activating group) is 1. The SMILES string of the molecule is CC(C)Oc1ncc(C(=O)N2CCN(C)CC2C)cc1Cl. The van der Waals surface area contributed by atoms with Crippen LogP contribution in [0.2, 0.25) is 5.02 Å². The highest BCUT2D eigenvalue weighted by Crippen LogP contribution is 2.24. The molecule has 0 N–H and O–H groups in total. The Balaban J connectivity index is 2.14. The van der Waals surface area contributed by atoms with E-state index in [1.54, 1.807) is 6.07 Å². The zero-order valence-corrected chi connectivity index (χ0v) is 13.7. The minimum absolute atomic E-state index is 0.00537. The summed E-state index contributed by atoms with van der Waals surface area (Å²) in [7, 11) is 2.06. The molecule has 116 valence electrons. The van der Waals surface area contributed by atoms with Gasteiger partial charge in [-0.25, -0.2) is 4.98 Å². The smallest absolute Gasteiger partial charge is 0.255 e. The van der Waals surface area contributed by atoms with Crippen LogP contribution < -0.4 is 4.74 Å². The van der Waals surface area contributed by atoms with Crippen molar-refractivity contribution in [3.63, 3.8) is 0 Å². The van der Waals surface area contributed by atoms with E-state index < -0.39 is 0 Å². The molecule has 0 aliphatic carbocycles. The highest BCUT2D eigenvalue weighted by atomic mass is 35.5. The van der Waals surface area contributed by atoms with Crippen LogP contribution in [0.25, 0.3) is 0 Å². The molecule has 6 heteroatoms. The summed E-state index contributed by atoms with van der Waals surface area (Å²) in [5.74, 6) is 0.343. The van der Waals surface area contributed by atoms with E-state index in [9.17, 15) is 4.79 Å². The zero-order valence-electron chi connectivity index (χ0n) is 13.0. The maximum Gasteiger partial charge on any atom is 0.255 e. The maximum absolute atomic E-state index is 12.6. The van der Waals surface area contributed by atoms with Crippen LogP contribution in [0.3, 0.4) is 0 Å². The van der Waals surface area contributed by atoms with Gasteiger partial charge in [0, 0.05) is 31.9 Å². The van der Waals surface area contributed by atoms with Crippen molar-refractivity contribution in [1.29, 1.82) is 0 Å². The Morgan fingerprint density at radius 3 is 2.76 bits per heavy atom. The molecule has 1 atom stereocenters. The predicted octanol–water partition coefficient (Wildman–Crippen LogP) is 2.30. The summed E-state index contributed by atoms with van der Waals surface area (Å²) in [5.41, 5.74) is 0.507. The van der Waals surface area contributed by atoms with E-state index in [1.165, 1.54) is 6.20 Å². The van der Waals surface area contributed by atoms with E-state index in [2.05, 4.69) is 23.9 Å². The lowest BCUT2D eigenvalue weighted by molar-refractivity contribution is 0.0533. The highest BCUT2D eigenvalue weighted by Gasteiger charge is 2.27. The Bertz CT molecular complexity index is 522. The predicted molar refractivity (Wildman–Crippen MR) is 83.0 cm³/mol. The van der Waals surface area contributed by atoms with Crippen molar-refractivity contribution in [2.75, 3.05) is 26.7 Å². The van der Waals surface area contributed by atoms with Gasteiger partial charge in [-0.05, 0) is 33.9 Å². The molecule has 1 aromatic heterocycles. The Morgan fingerprint density at radius 2 is 2.19 bits per heavy atom. The minimum Gasteiger partial charge on any atom is -0.474 e. The topological polar surface area (TPSA) is 45.7 Å². The zero-order chi connectivity index (χ0) is 15.6. The average Bonchev–Trinajstić information content (AvgIpc) is 2.40. The average molecular weight is 312 g/mol. The molecule has 1 aromatic rings. The number of nitrogens with zero attached hydrogens (tertiary/aromatic N) is 3. The number of piperazine rings is 1. The first kappa shape index (κ1) is 16.0. The third-order valence-corrected chi connectivity index (χ3v) is 3.76. The second-order valence-electron chi connectivity index (χ2n) is 5.79. The quantitative estimate of drug-likeness (QED) is 0.859. The fraction of sp³-hybridized carbons (Fsp3) is 0.600. The van der Waals surface area contributed by atoms with E-state index >= 15 is 0 Å². The van der Waals surface area contributed by atoms with Crippen molar-refractivity contribution in [2.45, 2.75) is 32.9 Å². The number of carbonyl (C=O) groups excluding carboxylic acids is 1. The molecule has 21 heavy (non-hydrogen) atoms. The molecule has 2 heterocycles. The second kappa shape index (κ2) is 6.62. The molecule has 1 unspecified atom stereocenters. The largest absolute Gasteiger partial charge is 0.474 e. The molecule has 1 aliphatic heterocycles. The number of hydrogen-bond acceptors (Lipinski definition) is 4. The van der Waals surface area contributed by atoms with Crippen LogP contribution in [-0.2, 0) is 0 Å². The summed E-state index contributed by atoms with van der Waals surface area (Å²) < 4.78 is 5.49. The van der Waals surface area contributed by atoms with E-state index in [1.807, 2.05) is 18.7 Å². The van der Waals surface area contributed by atoms with Gasteiger partial charge in [-0.1, -0.05) is 11.6 Å². The van der Waals surface area contributed by atoms with Crippen LogP contribution in [-0.4, -0.2) is 59.5 Å².